The second-order valence-electron chi connectivity index (χ2n) is 8.86. The van der Waals surface area contributed by atoms with Crippen LogP contribution in [0.25, 0.3) is 0 Å². The summed E-state index contributed by atoms with van der Waals surface area (Å²) in [5.74, 6) is 1.33. The number of alkyl halides is 1. The van der Waals surface area contributed by atoms with Gasteiger partial charge in [0.05, 0.1) is 25.4 Å². The first-order valence-electron chi connectivity index (χ1n) is 10.3. The molecule has 27 heavy (non-hydrogen) atoms. The summed E-state index contributed by atoms with van der Waals surface area (Å²) in [6.45, 7) is 14.6. The molecule has 1 aromatic carbocycles. The molecule has 0 unspecified atom stereocenters. The van der Waals surface area contributed by atoms with Gasteiger partial charge < -0.3 is 14.2 Å². The third kappa shape index (κ3) is 6.98. The molecule has 3 nitrogen and oxygen atoms in total. The Bertz CT molecular complexity index is 548. The molecule has 0 aliphatic carbocycles. The number of ether oxygens (including phenoxy) is 3. The molecule has 1 heterocycles. The molecule has 1 aromatic rings. The molecule has 1 saturated heterocycles. The molecule has 2 rings (SSSR count). The van der Waals surface area contributed by atoms with E-state index in [1.807, 2.05) is 19.9 Å². The molecule has 0 radical (unpaired) electrons. The van der Waals surface area contributed by atoms with E-state index in [-0.39, 0.29) is 12.2 Å². The molecule has 1 aliphatic heterocycles. The van der Waals surface area contributed by atoms with E-state index in [9.17, 15) is 0 Å². The fourth-order valence-corrected chi connectivity index (χ4v) is 4.51. The molecule has 0 saturated carbocycles. The Morgan fingerprint density at radius 2 is 1.85 bits per heavy atom. The second kappa shape index (κ2) is 10.6. The predicted octanol–water partition coefficient (Wildman–Crippen LogP) is 6.09. The normalized spacial score (nSPS) is 26.9. The summed E-state index contributed by atoms with van der Waals surface area (Å²) in [5, 5.41) is 0. The van der Waals surface area contributed by atoms with Crippen molar-refractivity contribution in [2.24, 2.45) is 23.7 Å². The van der Waals surface area contributed by atoms with E-state index >= 15 is 0 Å². The first kappa shape index (κ1) is 23.1. The lowest BCUT2D eigenvalue weighted by Crippen LogP contribution is -2.51. The van der Waals surface area contributed by atoms with Crippen molar-refractivity contribution in [3.63, 3.8) is 0 Å². The lowest BCUT2D eigenvalue weighted by Gasteiger charge is -2.45. The number of halogens is 1. The fourth-order valence-electron chi connectivity index (χ4n) is 4.15. The Morgan fingerprint density at radius 1 is 1.19 bits per heavy atom. The molecule has 6 atom stereocenters. The highest BCUT2D eigenvalue weighted by atomic mass is 127. The highest BCUT2D eigenvalue weighted by molar-refractivity contribution is 14.1. The van der Waals surface area contributed by atoms with Gasteiger partial charge in [-0.25, -0.2) is 0 Å². The molecule has 0 bridgehead atoms. The molecule has 0 amide bonds. The van der Waals surface area contributed by atoms with Crippen LogP contribution in [0.15, 0.2) is 30.3 Å². The summed E-state index contributed by atoms with van der Waals surface area (Å²) in [6, 6.07) is 10.5. The van der Waals surface area contributed by atoms with E-state index in [4.69, 9.17) is 14.2 Å². The minimum absolute atomic E-state index is 0.145. The molecule has 0 N–H and O–H groups in total. The van der Waals surface area contributed by atoms with Crippen LogP contribution in [-0.2, 0) is 20.8 Å². The van der Waals surface area contributed by atoms with Crippen molar-refractivity contribution in [1.82, 2.24) is 0 Å². The minimum atomic E-state index is -0.520. The van der Waals surface area contributed by atoms with E-state index < -0.39 is 5.79 Å². The number of benzene rings is 1. The van der Waals surface area contributed by atoms with Gasteiger partial charge in [0.1, 0.15) is 0 Å². The summed E-state index contributed by atoms with van der Waals surface area (Å²) in [5.41, 5.74) is 1.23. The molecule has 1 fully saturated rings. The van der Waals surface area contributed by atoms with E-state index in [1.165, 1.54) is 16.4 Å². The van der Waals surface area contributed by atoms with Crippen LogP contribution in [0.4, 0.5) is 0 Å². The summed E-state index contributed by atoms with van der Waals surface area (Å²) in [4.78, 5) is 0. The van der Waals surface area contributed by atoms with E-state index in [0.717, 1.165) is 6.61 Å². The highest BCUT2D eigenvalue weighted by Crippen LogP contribution is 2.35. The van der Waals surface area contributed by atoms with Gasteiger partial charge in [-0.1, -0.05) is 80.6 Å². The van der Waals surface area contributed by atoms with Crippen LogP contribution in [0.2, 0.25) is 0 Å². The van der Waals surface area contributed by atoms with Gasteiger partial charge in [-0.2, -0.15) is 0 Å². The zero-order valence-electron chi connectivity index (χ0n) is 17.8. The number of hydrogen-bond donors (Lipinski definition) is 0. The number of rotatable bonds is 9. The Labute approximate surface area is 179 Å². The van der Waals surface area contributed by atoms with Crippen LogP contribution < -0.4 is 0 Å². The quantitative estimate of drug-likeness (QED) is 0.311. The topological polar surface area (TPSA) is 27.7 Å². The third-order valence-corrected chi connectivity index (χ3v) is 7.10. The average Bonchev–Trinajstić information content (AvgIpc) is 2.64. The van der Waals surface area contributed by atoms with Crippen molar-refractivity contribution in [3.8, 4) is 0 Å². The molecular weight excluding hydrogens is 451 g/mol. The van der Waals surface area contributed by atoms with Gasteiger partial charge in [0.2, 0.25) is 0 Å². The maximum Gasteiger partial charge on any atom is 0.163 e. The van der Waals surface area contributed by atoms with Gasteiger partial charge in [-0.15, -0.1) is 0 Å². The first-order chi connectivity index (χ1) is 12.7. The average molecular weight is 488 g/mol. The van der Waals surface area contributed by atoms with Gasteiger partial charge in [0.25, 0.3) is 0 Å². The van der Waals surface area contributed by atoms with Crippen LogP contribution in [-0.4, -0.2) is 29.0 Å². The van der Waals surface area contributed by atoms with E-state index in [1.54, 1.807) is 0 Å². The van der Waals surface area contributed by atoms with Crippen molar-refractivity contribution in [2.45, 2.75) is 72.6 Å². The maximum absolute atomic E-state index is 6.54. The molecule has 4 heteroatoms. The SMILES string of the molecule is C[C@@H](CI)C[C@H](C)[C@H](OCc1ccccc1)[C@H](C)[C@H]1OC(C)(C)OC[C@@H]1C. The summed E-state index contributed by atoms with van der Waals surface area (Å²) >= 11 is 2.49. The highest BCUT2D eigenvalue weighted by Gasteiger charge is 2.41. The third-order valence-electron chi connectivity index (χ3n) is 5.59. The molecule has 1 aliphatic rings. The largest absolute Gasteiger partial charge is 0.373 e. The molecular formula is C23H37IO3. The second-order valence-corrected chi connectivity index (χ2v) is 9.74. The predicted molar refractivity (Wildman–Crippen MR) is 120 cm³/mol. The fraction of sp³-hybridized carbons (Fsp3) is 0.739. The zero-order valence-corrected chi connectivity index (χ0v) is 19.9. The van der Waals surface area contributed by atoms with Crippen LogP contribution >= 0.6 is 22.6 Å². The summed E-state index contributed by atoms with van der Waals surface area (Å²) in [6.07, 6.45) is 1.48. The standard InChI is InChI=1S/C23H37IO3/c1-16(13-24)12-17(2)21(25-15-20-10-8-7-9-11-20)19(4)22-18(3)14-26-23(5,6)27-22/h7-11,16-19,21-22H,12-15H2,1-6H3/t16-,17+,18+,19+,21+,22+/m1/s1. The molecule has 0 spiro atoms. The van der Waals surface area contributed by atoms with Crippen LogP contribution in [0, 0.1) is 23.7 Å². The molecule has 154 valence electrons. The van der Waals surface area contributed by atoms with Gasteiger partial charge in [0, 0.05) is 16.3 Å². The van der Waals surface area contributed by atoms with Gasteiger partial charge in [0.15, 0.2) is 5.79 Å². The summed E-state index contributed by atoms with van der Waals surface area (Å²) in [7, 11) is 0. The maximum atomic E-state index is 6.54. The van der Waals surface area contributed by atoms with E-state index in [2.05, 4.69) is 74.6 Å². The van der Waals surface area contributed by atoms with Crippen molar-refractivity contribution in [1.29, 1.82) is 0 Å². The lowest BCUT2D eigenvalue weighted by atomic mass is 9.81. The summed E-state index contributed by atoms with van der Waals surface area (Å²) < 4.78 is 19.9. The van der Waals surface area contributed by atoms with Crippen LogP contribution in [0.5, 0.6) is 0 Å². The monoisotopic (exact) mass is 488 g/mol. The van der Waals surface area contributed by atoms with Gasteiger partial charge >= 0.3 is 0 Å². The Kier molecular flexibility index (Phi) is 9.04. The van der Waals surface area contributed by atoms with Crippen molar-refractivity contribution in [3.05, 3.63) is 35.9 Å². The van der Waals surface area contributed by atoms with Gasteiger partial charge in [-0.05, 0) is 37.7 Å². The van der Waals surface area contributed by atoms with Crippen molar-refractivity contribution in [2.75, 3.05) is 11.0 Å². The zero-order chi connectivity index (χ0) is 20.0. The van der Waals surface area contributed by atoms with E-state index in [0.29, 0.717) is 30.3 Å². The van der Waals surface area contributed by atoms with Crippen LogP contribution in [0.1, 0.15) is 53.5 Å². The van der Waals surface area contributed by atoms with Crippen LogP contribution in [0.3, 0.4) is 0 Å². The molecule has 0 aromatic heterocycles. The number of hydrogen-bond acceptors (Lipinski definition) is 3. The lowest BCUT2D eigenvalue weighted by molar-refractivity contribution is -0.306. The first-order valence-corrected chi connectivity index (χ1v) is 11.8. The Morgan fingerprint density at radius 3 is 2.48 bits per heavy atom. The smallest absolute Gasteiger partial charge is 0.163 e. The van der Waals surface area contributed by atoms with Gasteiger partial charge in [-0.3, -0.25) is 0 Å². The Hall–Kier alpha value is -0.170. The minimum Gasteiger partial charge on any atom is -0.373 e. The van der Waals surface area contributed by atoms with Crippen molar-refractivity contribution < 1.29 is 14.2 Å². The van der Waals surface area contributed by atoms with Crippen molar-refractivity contribution >= 4 is 22.6 Å². The Balaban J connectivity index is 2.13.